The molecule has 5 aromatic rings. The lowest BCUT2D eigenvalue weighted by Crippen LogP contribution is -2.14. The molecule has 39 heavy (non-hydrogen) atoms. The van der Waals surface area contributed by atoms with Crippen LogP contribution in [-0.4, -0.2) is 30.4 Å². The van der Waals surface area contributed by atoms with Gasteiger partial charge in [-0.25, -0.2) is 15.0 Å². The number of carbonyl (C=O) groups is 1. The predicted octanol–water partition coefficient (Wildman–Crippen LogP) is 6.36. The Hall–Kier alpha value is -5.06. The number of halogens is 3. The molecule has 3 aromatic heterocycles. The van der Waals surface area contributed by atoms with E-state index in [1.54, 1.807) is 31.3 Å². The van der Waals surface area contributed by atoms with Gasteiger partial charge in [-0.1, -0.05) is 6.07 Å². The summed E-state index contributed by atoms with van der Waals surface area (Å²) in [6.45, 7) is -1.17. The van der Waals surface area contributed by atoms with Crippen LogP contribution >= 0.6 is 0 Å². The molecule has 11 heteroatoms. The van der Waals surface area contributed by atoms with Crippen molar-refractivity contribution in [1.29, 1.82) is 0 Å². The van der Waals surface area contributed by atoms with Crippen LogP contribution in [0.25, 0.3) is 16.9 Å². The van der Waals surface area contributed by atoms with Crippen LogP contribution in [0.5, 0.6) is 0 Å². The minimum atomic E-state index is -4.89. The summed E-state index contributed by atoms with van der Waals surface area (Å²) in [5, 5.41) is 5.31. The maximum Gasteiger partial charge on any atom is 0.416 e. The number of amides is 1. The number of nitrogens with zero attached hydrogens (tertiary/aromatic N) is 5. The number of aromatic nitrogens is 5. The Morgan fingerprint density at radius 2 is 2.00 bits per heavy atom. The Labute approximate surface area is 231 Å². The number of benzene rings is 2. The number of rotatable bonds is 6. The zero-order valence-electron chi connectivity index (χ0n) is 27.1. The molecule has 0 radical (unpaired) electrons. The minimum Gasteiger partial charge on any atom is -0.324 e. The van der Waals surface area contributed by atoms with Crippen molar-refractivity contribution >= 4 is 23.2 Å². The molecule has 2 N–H and O–H groups in total. The van der Waals surface area contributed by atoms with E-state index in [0.717, 1.165) is 6.07 Å². The number of imidazole rings is 1. The molecule has 8 nitrogen and oxygen atoms in total. The van der Waals surface area contributed by atoms with E-state index in [0.29, 0.717) is 33.5 Å². The Bertz CT molecular complexity index is 1970. The summed E-state index contributed by atoms with van der Waals surface area (Å²) in [5.41, 5.74) is -1.12. The fourth-order valence-electron chi connectivity index (χ4n) is 3.56. The molecule has 0 bridgehead atoms. The first-order valence-electron chi connectivity index (χ1n) is 14.8. The Morgan fingerprint density at radius 3 is 2.74 bits per heavy atom. The topological polar surface area (TPSA) is 97.6 Å². The van der Waals surface area contributed by atoms with Crippen molar-refractivity contribution in [2.24, 2.45) is 0 Å². The highest BCUT2D eigenvalue weighted by Crippen LogP contribution is 2.33. The molecule has 2 aromatic carbocycles. The highest BCUT2D eigenvalue weighted by molar-refractivity contribution is 6.05. The van der Waals surface area contributed by atoms with E-state index in [2.05, 4.69) is 30.6 Å². The molecule has 0 aliphatic rings. The van der Waals surface area contributed by atoms with Gasteiger partial charge in [-0.2, -0.15) is 13.2 Å². The predicted molar refractivity (Wildman–Crippen MR) is 141 cm³/mol. The highest BCUT2D eigenvalue weighted by Gasteiger charge is 2.31. The highest BCUT2D eigenvalue weighted by atomic mass is 19.4. The lowest BCUT2D eigenvalue weighted by molar-refractivity contribution is -0.137. The van der Waals surface area contributed by atoms with Crippen molar-refractivity contribution in [1.82, 2.24) is 24.5 Å². The van der Waals surface area contributed by atoms with Crippen molar-refractivity contribution in [3.63, 3.8) is 0 Å². The van der Waals surface area contributed by atoms with Gasteiger partial charge >= 0.3 is 6.18 Å². The van der Waals surface area contributed by atoms with Gasteiger partial charge in [-0.15, -0.1) is 0 Å². The normalized spacial score (nSPS) is 14.2. The summed E-state index contributed by atoms with van der Waals surface area (Å²) in [6.07, 6.45) is -3.80. The van der Waals surface area contributed by atoms with Gasteiger partial charge in [0, 0.05) is 57.0 Å². The van der Waals surface area contributed by atoms with Crippen molar-refractivity contribution in [2.75, 3.05) is 10.6 Å². The van der Waals surface area contributed by atoms with Gasteiger partial charge in [0.05, 0.1) is 27.4 Å². The van der Waals surface area contributed by atoms with Crippen LogP contribution in [-0.2, 0) is 6.18 Å². The number of hydrogen-bond donors (Lipinski definition) is 2. The van der Waals surface area contributed by atoms with Gasteiger partial charge in [0.15, 0.2) is 0 Å². The van der Waals surface area contributed by atoms with E-state index < -0.39 is 48.4 Å². The van der Waals surface area contributed by atoms with Crippen LogP contribution in [0.2, 0.25) is 0 Å². The van der Waals surface area contributed by atoms with E-state index >= 15 is 0 Å². The summed E-state index contributed by atoms with van der Waals surface area (Å²) in [5.74, 6) is -0.865. The Balaban J connectivity index is 1.48. The maximum atomic E-state index is 13.8. The number of hydrogen-bond acceptors (Lipinski definition) is 6. The van der Waals surface area contributed by atoms with Crippen molar-refractivity contribution in [3.8, 4) is 16.9 Å². The first-order chi connectivity index (χ1) is 21.5. The second kappa shape index (κ2) is 10.4. The second-order valence-corrected chi connectivity index (χ2v) is 8.26. The summed E-state index contributed by atoms with van der Waals surface area (Å²) in [7, 11) is 0. The van der Waals surface area contributed by atoms with Crippen LogP contribution < -0.4 is 10.6 Å². The molecule has 0 saturated heterocycles. The monoisotopic (exact) mass is 536 g/mol. The Kier molecular flexibility index (Phi) is 4.85. The average Bonchev–Trinajstić information content (AvgIpc) is 3.29. The number of alkyl halides is 3. The molecule has 5 rings (SSSR count). The van der Waals surface area contributed by atoms with Gasteiger partial charge in [-0.05, 0) is 67.8 Å². The summed E-state index contributed by atoms with van der Waals surface area (Å²) in [6, 6.07) is 9.83. The molecule has 1 amide bonds. The lowest BCUT2D eigenvalue weighted by Gasteiger charge is -2.14. The quantitative estimate of drug-likeness (QED) is 0.262. The van der Waals surface area contributed by atoms with E-state index in [9.17, 15) is 18.0 Å². The molecule has 0 unspecified atom stereocenters. The zero-order valence-corrected chi connectivity index (χ0v) is 20.1. The third kappa shape index (κ3) is 5.93. The second-order valence-electron chi connectivity index (χ2n) is 8.26. The van der Waals surface area contributed by atoms with Crippen LogP contribution in [0.1, 0.15) is 36.8 Å². The molecular weight excluding hydrogens is 507 g/mol. The minimum absolute atomic E-state index is 0.0115. The van der Waals surface area contributed by atoms with Gasteiger partial charge in [0.2, 0.25) is 5.95 Å². The van der Waals surface area contributed by atoms with Crippen molar-refractivity contribution in [3.05, 3.63) is 108 Å². The van der Waals surface area contributed by atoms with Crippen LogP contribution in [0.3, 0.4) is 0 Å². The van der Waals surface area contributed by atoms with E-state index in [1.807, 2.05) is 0 Å². The lowest BCUT2D eigenvalue weighted by atomic mass is 10.1. The standard InChI is InChI=1S/C28H22F3N7O/c1-17-5-6-19(10-25(17)37-27-33-9-7-24(36-27)20-4-3-8-32-14-20)26(39)35-22-11-21(28(29,30)31)12-23(13-22)38-15-18(2)34-16-38/h3-16H,1-2H3,(H,35,39)(H,33,36,37)/i2D3,7D,9D,15D,16D. The van der Waals surface area contributed by atoms with Gasteiger partial charge in [0.1, 0.15) is 1.37 Å². The van der Waals surface area contributed by atoms with Crippen molar-refractivity contribution in [2.45, 2.75) is 20.0 Å². The van der Waals surface area contributed by atoms with E-state index in [-0.39, 0.29) is 35.1 Å². The molecule has 196 valence electrons. The molecule has 0 spiro atoms. The number of pyridine rings is 1. The summed E-state index contributed by atoms with van der Waals surface area (Å²) < 4.78 is 97.2. The summed E-state index contributed by atoms with van der Waals surface area (Å²) >= 11 is 0. The van der Waals surface area contributed by atoms with E-state index in [4.69, 9.17) is 9.60 Å². The fourth-order valence-corrected chi connectivity index (χ4v) is 3.56. The smallest absolute Gasteiger partial charge is 0.324 e. The van der Waals surface area contributed by atoms with Gasteiger partial charge in [-0.3, -0.25) is 9.78 Å². The molecule has 0 aliphatic carbocycles. The number of carbonyl (C=O) groups excluding carboxylic acids is 1. The van der Waals surface area contributed by atoms with Crippen LogP contribution in [0.4, 0.5) is 30.5 Å². The van der Waals surface area contributed by atoms with Crippen LogP contribution in [0, 0.1) is 13.8 Å². The molecule has 3 heterocycles. The van der Waals surface area contributed by atoms with Gasteiger partial charge in [0.25, 0.3) is 5.91 Å². The largest absolute Gasteiger partial charge is 0.416 e. The fraction of sp³-hybridized carbons (Fsp3) is 0.107. The SMILES string of the molecule is [2H]c1nc(Nc2cc(C(=O)Nc3cc(-n4c([2H])nc(C([2H])([2H])[2H])c4[2H])cc(C(F)(F)F)c3)ccc2C)nc(-c2cccnc2)c1[2H]. The number of nitrogens with one attached hydrogen (secondary N) is 2. The zero-order chi connectivity index (χ0) is 33.6. The van der Waals surface area contributed by atoms with Crippen LogP contribution in [0.15, 0.2) is 85.6 Å². The third-order valence-electron chi connectivity index (χ3n) is 5.48. The summed E-state index contributed by atoms with van der Waals surface area (Å²) in [4.78, 5) is 29.1. The first kappa shape index (κ1) is 18.2. The van der Waals surface area contributed by atoms with Gasteiger partial charge < -0.3 is 15.2 Å². The molecular formula is C28H22F3N7O. The number of anilines is 3. The molecule has 0 aliphatic heterocycles. The average molecular weight is 537 g/mol. The van der Waals surface area contributed by atoms with E-state index in [1.165, 1.54) is 18.3 Å². The van der Waals surface area contributed by atoms with Crippen molar-refractivity contribution < 1.29 is 27.6 Å². The molecule has 0 atom stereocenters. The molecule has 0 saturated carbocycles. The molecule has 0 fully saturated rings. The Morgan fingerprint density at radius 1 is 1.13 bits per heavy atom. The third-order valence-corrected chi connectivity index (χ3v) is 5.48. The number of aryl methyl sites for hydroxylation is 2. The first-order valence-corrected chi connectivity index (χ1v) is 11.3. The maximum absolute atomic E-state index is 13.8.